The van der Waals surface area contributed by atoms with Crippen molar-refractivity contribution in [2.75, 3.05) is 0 Å². The van der Waals surface area contributed by atoms with Crippen LogP contribution in [0.1, 0.15) is 78.1 Å². The minimum Gasteiger partial charge on any atom is -0.392 e. The summed E-state index contributed by atoms with van der Waals surface area (Å²) < 4.78 is 0. The highest BCUT2D eigenvalue weighted by atomic mass is 16.3. The van der Waals surface area contributed by atoms with Crippen LogP contribution in [0, 0.1) is 0 Å². The first kappa shape index (κ1) is 15.0. The molecule has 0 saturated carbocycles. The van der Waals surface area contributed by atoms with Crippen molar-refractivity contribution in [1.82, 2.24) is 5.32 Å². The number of aliphatic hydroxyl groups is 1. The van der Waals surface area contributed by atoms with E-state index in [-0.39, 0.29) is 6.10 Å². The van der Waals surface area contributed by atoms with Gasteiger partial charge < -0.3 is 10.4 Å². The van der Waals surface area contributed by atoms with E-state index in [1.54, 1.807) is 0 Å². The highest BCUT2D eigenvalue weighted by Crippen LogP contribution is 2.21. The van der Waals surface area contributed by atoms with Gasteiger partial charge in [-0.25, -0.2) is 0 Å². The lowest BCUT2D eigenvalue weighted by atomic mass is 10.0. The Labute approximate surface area is 107 Å². The van der Waals surface area contributed by atoms with Gasteiger partial charge in [-0.3, -0.25) is 0 Å². The van der Waals surface area contributed by atoms with Gasteiger partial charge in [-0.15, -0.1) is 0 Å². The standard InChI is InChI=1S/C15H31NO/c1-3-5-7-8-10-15(17)14-12-11-13(16-14)9-6-4-2/h13-17H,3-12H2,1-2H3. The van der Waals surface area contributed by atoms with Gasteiger partial charge in [-0.2, -0.15) is 0 Å². The van der Waals surface area contributed by atoms with Crippen LogP contribution in [-0.4, -0.2) is 23.3 Å². The van der Waals surface area contributed by atoms with Crippen LogP contribution in [0.15, 0.2) is 0 Å². The van der Waals surface area contributed by atoms with E-state index in [1.807, 2.05) is 0 Å². The van der Waals surface area contributed by atoms with Crippen molar-refractivity contribution in [1.29, 1.82) is 0 Å². The highest BCUT2D eigenvalue weighted by Gasteiger charge is 2.27. The number of hydrogen-bond acceptors (Lipinski definition) is 2. The molecule has 0 aromatic carbocycles. The van der Waals surface area contributed by atoms with E-state index in [0.29, 0.717) is 12.1 Å². The molecule has 0 amide bonds. The summed E-state index contributed by atoms with van der Waals surface area (Å²) in [6, 6.07) is 1.05. The van der Waals surface area contributed by atoms with Crippen LogP contribution >= 0.6 is 0 Å². The summed E-state index contributed by atoms with van der Waals surface area (Å²) in [5.74, 6) is 0. The van der Waals surface area contributed by atoms with Crippen molar-refractivity contribution >= 4 is 0 Å². The Bertz CT molecular complexity index is 184. The van der Waals surface area contributed by atoms with Crippen molar-refractivity contribution in [3.05, 3.63) is 0 Å². The van der Waals surface area contributed by atoms with Crippen LogP contribution in [0.25, 0.3) is 0 Å². The molecule has 2 heteroatoms. The molecule has 1 fully saturated rings. The zero-order valence-electron chi connectivity index (χ0n) is 11.8. The molecule has 0 aromatic rings. The van der Waals surface area contributed by atoms with Crippen molar-refractivity contribution in [3.8, 4) is 0 Å². The third-order valence-electron chi connectivity index (χ3n) is 4.00. The molecular weight excluding hydrogens is 210 g/mol. The zero-order valence-corrected chi connectivity index (χ0v) is 11.8. The van der Waals surface area contributed by atoms with Crippen molar-refractivity contribution in [2.45, 2.75) is 96.2 Å². The Morgan fingerprint density at radius 2 is 1.82 bits per heavy atom. The molecule has 1 heterocycles. The summed E-state index contributed by atoms with van der Waals surface area (Å²) in [6.07, 6.45) is 12.2. The summed E-state index contributed by atoms with van der Waals surface area (Å²) in [7, 11) is 0. The number of hydrogen-bond donors (Lipinski definition) is 2. The summed E-state index contributed by atoms with van der Waals surface area (Å²) >= 11 is 0. The van der Waals surface area contributed by atoms with Gasteiger partial charge in [0.2, 0.25) is 0 Å². The monoisotopic (exact) mass is 241 g/mol. The summed E-state index contributed by atoms with van der Waals surface area (Å²) in [4.78, 5) is 0. The molecule has 2 nitrogen and oxygen atoms in total. The molecule has 0 spiro atoms. The molecular formula is C15H31NO. The number of rotatable bonds is 9. The van der Waals surface area contributed by atoms with E-state index in [1.165, 1.54) is 57.8 Å². The second-order valence-electron chi connectivity index (χ2n) is 5.61. The predicted octanol–water partition coefficient (Wildman–Crippen LogP) is 3.63. The fourth-order valence-corrected chi connectivity index (χ4v) is 2.81. The van der Waals surface area contributed by atoms with Crippen LogP contribution in [0.4, 0.5) is 0 Å². The minimum absolute atomic E-state index is 0.113. The quantitative estimate of drug-likeness (QED) is 0.604. The molecule has 0 aliphatic carbocycles. The lowest BCUT2D eigenvalue weighted by molar-refractivity contribution is 0.121. The minimum atomic E-state index is -0.113. The maximum atomic E-state index is 10.1. The molecule has 1 saturated heterocycles. The first-order valence-corrected chi connectivity index (χ1v) is 7.72. The molecule has 3 atom stereocenters. The third kappa shape index (κ3) is 5.87. The van der Waals surface area contributed by atoms with Crippen LogP contribution < -0.4 is 5.32 Å². The van der Waals surface area contributed by atoms with Gasteiger partial charge in [0.15, 0.2) is 0 Å². The van der Waals surface area contributed by atoms with Gasteiger partial charge in [0.1, 0.15) is 0 Å². The van der Waals surface area contributed by atoms with E-state index < -0.39 is 0 Å². The van der Waals surface area contributed by atoms with Gasteiger partial charge in [0.25, 0.3) is 0 Å². The third-order valence-corrected chi connectivity index (χ3v) is 4.00. The fourth-order valence-electron chi connectivity index (χ4n) is 2.81. The second-order valence-corrected chi connectivity index (χ2v) is 5.61. The lowest BCUT2D eigenvalue weighted by Gasteiger charge is -2.20. The van der Waals surface area contributed by atoms with E-state index in [4.69, 9.17) is 0 Å². The van der Waals surface area contributed by atoms with Crippen molar-refractivity contribution < 1.29 is 5.11 Å². The summed E-state index contributed by atoms with van der Waals surface area (Å²) in [5, 5.41) is 13.7. The van der Waals surface area contributed by atoms with Gasteiger partial charge in [-0.1, -0.05) is 52.4 Å². The maximum Gasteiger partial charge on any atom is 0.0693 e. The molecule has 0 bridgehead atoms. The number of aliphatic hydroxyl groups excluding tert-OH is 1. The van der Waals surface area contributed by atoms with Crippen LogP contribution in [0.2, 0.25) is 0 Å². The molecule has 17 heavy (non-hydrogen) atoms. The molecule has 1 rings (SSSR count). The Balaban J connectivity index is 2.09. The Morgan fingerprint density at radius 1 is 1.06 bits per heavy atom. The normalized spacial score (nSPS) is 26.3. The van der Waals surface area contributed by atoms with Crippen molar-refractivity contribution in [3.63, 3.8) is 0 Å². The van der Waals surface area contributed by atoms with E-state index in [2.05, 4.69) is 19.2 Å². The number of unbranched alkanes of at least 4 members (excludes halogenated alkanes) is 4. The van der Waals surface area contributed by atoms with Gasteiger partial charge >= 0.3 is 0 Å². The molecule has 1 aliphatic rings. The van der Waals surface area contributed by atoms with Gasteiger partial charge in [-0.05, 0) is 25.7 Å². The Morgan fingerprint density at radius 3 is 2.53 bits per heavy atom. The van der Waals surface area contributed by atoms with E-state index in [0.717, 1.165) is 6.42 Å². The average Bonchev–Trinajstić information content (AvgIpc) is 2.80. The topological polar surface area (TPSA) is 32.3 Å². The summed E-state index contributed by atoms with van der Waals surface area (Å²) in [5.41, 5.74) is 0. The molecule has 102 valence electrons. The Hall–Kier alpha value is -0.0800. The molecule has 3 unspecified atom stereocenters. The molecule has 2 N–H and O–H groups in total. The largest absolute Gasteiger partial charge is 0.392 e. The average molecular weight is 241 g/mol. The zero-order chi connectivity index (χ0) is 12.5. The first-order chi connectivity index (χ1) is 8.27. The summed E-state index contributed by atoms with van der Waals surface area (Å²) in [6.45, 7) is 4.47. The fraction of sp³-hybridized carbons (Fsp3) is 1.00. The SMILES string of the molecule is CCCCCCC(O)C1CCC(CCCC)N1. The first-order valence-electron chi connectivity index (χ1n) is 7.72. The molecule has 0 radical (unpaired) electrons. The lowest BCUT2D eigenvalue weighted by Crippen LogP contribution is -2.38. The van der Waals surface area contributed by atoms with E-state index >= 15 is 0 Å². The van der Waals surface area contributed by atoms with Crippen molar-refractivity contribution in [2.24, 2.45) is 0 Å². The Kier molecular flexibility index (Phi) is 7.87. The van der Waals surface area contributed by atoms with Crippen LogP contribution in [0.5, 0.6) is 0 Å². The van der Waals surface area contributed by atoms with Gasteiger partial charge in [0, 0.05) is 12.1 Å². The number of nitrogens with one attached hydrogen (secondary N) is 1. The second kappa shape index (κ2) is 8.93. The highest BCUT2D eigenvalue weighted by molar-refractivity contribution is 4.87. The molecule has 1 aliphatic heterocycles. The molecule has 0 aromatic heterocycles. The van der Waals surface area contributed by atoms with E-state index in [9.17, 15) is 5.11 Å². The maximum absolute atomic E-state index is 10.1. The predicted molar refractivity (Wildman–Crippen MR) is 74.2 cm³/mol. The van der Waals surface area contributed by atoms with Gasteiger partial charge in [0.05, 0.1) is 6.10 Å². The van der Waals surface area contributed by atoms with Crippen LogP contribution in [-0.2, 0) is 0 Å². The smallest absolute Gasteiger partial charge is 0.0693 e. The van der Waals surface area contributed by atoms with Crippen LogP contribution in [0.3, 0.4) is 0 Å².